The molecular weight excluding hydrogens is 276 g/mol. The molecular formula is C16H13F2NO2. The average Bonchev–Trinajstić information content (AvgIpc) is 2.44. The Morgan fingerprint density at radius 2 is 1.86 bits per heavy atom. The zero-order chi connectivity index (χ0) is 15.6. The largest absolute Gasteiger partial charge is 0.454 e. The second-order valence-corrected chi connectivity index (χ2v) is 4.67. The first-order valence-electron chi connectivity index (χ1n) is 6.28. The van der Waals surface area contributed by atoms with Crippen LogP contribution < -0.4 is 4.74 Å². The van der Waals surface area contributed by atoms with E-state index in [0.717, 1.165) is 12.1 Å². The van der Waals surface area contributed by atoms with E-state index in [9.17, 15) is 13.9 Å². The first-order valence-corrected chi connectivity index (χ1v) is 6.28. The molecule has 2 aromatic rings. The number of aryl methyl sites for hydroxylation is 1. The van der Waals surface area contributed by atoms with Crippen molar-refractivity contribution in [2.45, 2.75) is 20.0 Å². The number of aliphatic hydroxyl groups excluding tert-OH is 1. The summed E-state index contributed by atoms with van der Waals surface area (Å²) in [6, 6.07) is 8.16. The average molecular weight is 289 g/mol. The minimum absolute atomic E-state index is 0.0955. The molecule has 2 rings (SSSR count). The molecule has 0 heterocycles. The maximum Gasteiger partial charge on any atom is 0.167 e. The minimum atomic E-state index is -0.962. The molecule has 0 amide bonds. The van der Waals surface area contributed by atoms with E-state index in [1.54, 1.807) is 6.92 Å². The number of nitrogens with zero attached hydrogens (tertiary/aromatic N) is 1. The Morgan fingerprint density at radius 1 is 1.14 bits per heavy atom. The van der Waals surface area contributed by atoms with Gasteiger partial charge < -0.3 is 9.84 Å². The molecule has 1 N–H and O–H groups in total. The van der Waals surface area contributed by atoms with Gasteiger partial charge in [-0.2, -0.15) is 5.26 Å². The molecule has 108 valence electrons. The predicted octanol–water partition coefficient (Wildman–Crippen LogP) is 3.99. The van der Waals surface area contributed by atoms with Crippen LogP contribution >= 0.6 is 0 Å². The van der Waals surface area contributed by atoms with Crippen LogP contribution in [0.3, 0.4) is 0 Å². The summed E-state index contributed by atoms with van der Waals surface area (Å²) in [7, 11) is 0. The van der Waals surface area contributed by atoms with Crippen molar-refractivity contribution in [1.82, 2.24) is 0 Å². The summed E-state index contributed by atoms with van der Waals surface area (Å²) in [5.41, 5.74) is 0.719. The molecule has 5 heteroatoms. The lowest BCUT2D eigenvalue weighted by molar-refractivity contribution is 0.195. The summed E-state index contributed by atoms with van der Waals surface area (Å²) in [6.07, 6.45) is -0.962. The molecule has 0 aromatic heterocycles. The number of hydrogen-bond donors (Lipinski definition) is 1. The topological polar surface area (TPSA) is 53.2 Å². The van der Waals surface area contributed by atoms with Crippen LogP contribution in [-0.4, -0.2) is 5.11 Å². The molecule has 2 aromatic carbocycles. The van der Waals surface area contributed by atoms with Gasteiger partial charge in [-0.15, -0.1) is 0 Å². The van der Waals surface area contributed by atoms with Crippen molar-refractivity contribution in [2.75, 3.05) is 0 Å². The van der Waals surface area contributed by atoms with Crippen LogP contribution in [0.2, 0.25) is 0 Å². The van der Waals surface area contributed by atoms with Crippen LogP contribution in [0.4, 0.5) is 8.78 Å². The third-order valence-electron chi connectivity index (χ3n) is 3.02. The van der Waals surface area contributed by atoms with Crippen molar-refractivity contribution >= 4 is 0 Å². The van der Waals surface area contributed by atoms with Crippen LogP contribution in [0, 0.1) is 29.9 Å². The molecule has 0 saturated heterocycles. The van der Waals surface area contributed by atoms with Crippen LogP contribution in [-0.2, 0) is 0 Å². The summed E-state index contributed by atoms with van der Waals surface area (Å²) in [5, 5.41) is 18.4. The van der Waals surface area contributed by atoms with E-state index >= 15 is 0 Å². The predicted molar refractivity (Wildman–Crippen MR) is 73.0 cm³/mol. The molecule has 0 bridgehead atoms. The van der Waals surface area contributed by atoms with E-state index in [4.69, 9.17) is 10.00 Å². The Bertz CT molecular complexity index is 721. The van der Waals surface area contributed by atoms with Gasteiger partial charge in [-0.3, -0.25) is 0 Å². The van der Waals surface area contributed by atoms with Gasteiger partial charge in [0.05, 0.1) is 17.7 Å². The lowest BCUT2D eigenvalue weighted by Gasteiger charge is -2.15. The monoisotopic (exact) mass is 289 g/mol. The number of benzene rings is 2. The lowest BCUT2D eigenvalue weighted by atomic mass is 10.1. The Balaban J connectivity index is 2.44. The zero-order valence-electron chi connectivity index (χ0n) is 11.5. The minimum Gasteiger partial charge on any atom is -0.454 e. The van der Waals surface area contributed by atoms with E-state index in [1.807, 2.05) is 6.07 Å². The zero-order valence-corrected chi connectivity index (χ0v) is 11.5. The van der Waals surface area contributed by atoms with Gasteiger partial charge in [0.25, 0.3) is 0 Å². The Kier molecular flexibility index (Phi) is 4.20. The highest BCUT2D eigenvalue weighted by molar-refractivity contribution is 5.44. The number of rotatable bonds is 3. The molecule has 3 nitrogen and oxygen atoms in total. The van der Waals surface area contributed by atoms with Crippen LogP contribution in [0.1, 0.15) is 29.7 Å². The van der Waals surface area contributed by atoms with Gasteiger partial charge in [-0.05, 0) is 49.7 Å². The molecule has 0 aliphatic heterocycles. The molecule has 0 fully saturated rings. The summed E-state index contributed by atoms with van der Waals surface area (Å²) < 4.78 is 32.8. The van der Waals surface area contributed by atoms with Gasteiger partial charge in [-0.25, -0.2) is 8.78 Å². The maximum absolute atomic E-state index is 13.8. The van der Waals surface area contributed by atoms with Gasteiger partial charge in [0.2, 0.25) is 0 Å². The Labute approximate surface area is 121 Å². The molecule has 0 aliphatic rings. The molecule has 0 aliphatic carbocycles. The number of nitriles is 1. The molecule has 1 atom stereocenters. The fourth-order valence-corrected chi connectivity index (χ4v) is 1.86. The van der Waals surface area contributed by atoms with Crippen molar-refractivity contribution in [3.63, 3.8) is 0 Å². The number of aliphatic hydroxyl groups is 1. The smallest absolute Gasteiger partial charge is 0.167 e. The highest BCUT2D eigenvalue weighted by Crippen LogP contribution is 2.33. The second-order valence-electron chi connectivity index (χ2n) is 4.67. The summed E-state index contributed by atoms with van der Waals surface area (Å²) in [6.45, 7) is 3.01. The van der Waals surface area contributed by atoms with Gasteiger partial charge >= 0.3 is 0 Å². The SMILES string of the molecule is Cc1cc(Oc2ccc(C#N)cc2F)c(C(C)O)cc1F. The van der Waals surface area contributed by atoms with E-state index in [1.165, 1.54) is 25.1 Å². The van der Waals surface area contributed by atoms with Crippen LogP contribution in [0.25, 0.3) is 0 Å². The van der Waals surface area contributed by atoms with E-state index in [2.05, 4.69) is 0 Å². The third-order valence-corrected chi connectivity index (χ3v) is 3.02. The standard InChI is InChI=1S/C16H13F2NO2/c1-9-5-16(12(10(2)20)7-13(9)17)21-15-4-3-11(8-19)6-14(15)18/h3-7,10,20H,1-2H3. The number of ether oxygens (including phenoxy) is 1. The lowest BCUT2D eigenvalue weighted by Crippen LogP contribution is -2.00. The normalized spacial score (nSPS) is 11.8. The molecule has 1 unspecified atom stereocenters. The fraction of sp³-hybridized carbons (Fsp3) is 0.188. The van der Waals surface area contributed by atoms with Gasteiger partial charge in [0.1, 0.15) is 11.6 Å². The fourth-order valence-electron chi connectivity index (χ4n) is 1.86. The molecule has 0 saturated carbocycles. The summed E-state index contributed by atoms with van der Waals surface area (Å²) >= 11 is 0. The number of hydrogen-bond acceptors (Lipinski definition) is 3. The Morgan fingerprint density at radius 3 is 2.43 bits per heavy atom. The van der Waals surface area contributed by atoms with Crippen molar-refractivity contribution in [2.24, 2.45) is 0 Å². The Hall–Kier alpha value is -2.45. The summed E-state index contributed by atoms with van der Waals surface area (Å²) in [4.78, 5) is 0. The first kappa shape index (κ1) is 14.9. The van der Waals surface area contributed by atoms with Crippen molar-refractivity contribution < 1.29 is 18.6 Å². The molecule has 0 radical (unpaired) electrons. The maximum atomic E-state index is 13.8. The quantitative estimate of drug-likeness (QED) is 0.929. The van der Waals surface area contributed by atoms with E-state index < -0.39 is 17.7 Å². The highest BCUT2D eigenvalue weighted by atomic mass is 19.1. The summed E-state index contributed by atoms with van der Waals surface area (Å²) in [5.74, 6) is -1.10. The molecule has 0 spiro atoms. The van der Waals surface area contributed by atoms with E-state index in [0.29, 0.717) is 5.56 Å². The third kappa shape index (κ3) is 3.18. The van der Waals surface area contributed by atoms with Crippen molar-refractivity contribution in [3.8, 4) is 17.6 Å². The number of halogens is 2. The van der Waals surface area contributed by atoms with Gasteiger partial charge in [-0.1, -0.05) is 0 Å². The van der Waals surface area contributed by atoms with Crippen LogP contribution in [0.15, 0.2) is 30.3 Å². The van der Waals surface area contributed by atoms with Gasteiger partial charge in [0.15, 0.2) is 11.6 Å². The first-order chi connectivity index (χ1) is 9.92. The van der Waals surface area contributed by atoms with Gasteiger partial charge in [0, 0.05) is 5.56 Å². The van der Waals surface area contributed by atoms with Crippen LogP contribution in [0.5, 0.6) is 11.5 Å². The second kappa shape index (κ2) is 5.90. The molecule has 21 heavy (non-hydrogen) atoms. The van der Waals surface area contributed by atoms with Crippen molar-refractivity contribution in [3.05, 3.63) is 58.7 Å². The van der Waals surface area contributed by atoms with Crippen molar-refractivity contribution in [1.29, 1.82) is 5.26 Å². The van der Waals surface area contributed by atoms with E-state index in [-0.39, 0.29) is 22.6 Å². The highest BCUT2D eigenvalue weighted by Gasteiger charge is 2.15.